The van der Waals surface area contributed by atoms with Gasteiger partial charge in [0.15, 0.2) is 0 Å². The van der Waals surface area contributed by atoms with Crippen LogP contribution in [-0.4, -0.2) is 11.1 Å². The molecule has 0 aromatic heterocycles. The van der Waals surface area contributed by atoms with Gasteiger partial charge in [-0.2, -0.15) is 0 Å². The standard InChI is InChI=1S/C25H40O2/c1-3-5-6-7-8-9-10-11-12-13-14-15-16-17-18-23-21-22(4-2)19-20-24(23)25(26)27/h4,19-21H,2-3,5-18H2,1H3,(H,26,27). The number of carboxylic acids is 1. The van der Waals surface area contributed by atoms with E-state index in [0.717, 1.165) is 24.0 Å². The van der Waals surface area contributed by atoms with Crippen LogP contribution in [0.25, 0.3) is 6.08 Å². The quantitative estimate of drug-likeness (QED) is 0.281. The number of rotatable bonds is 17. The van der Waals surface area contributed by atoms with Crippen LogP contribution in [0.15, 0.2) is 24.8 Å². The Labute approximate surface area is 167 Å². The first-order chi connectivity index (χ1) is 13.2. The van der Waals surface area contributed by atoms with E-state index < -0.39 is 5.97 Å². The molecule has 1 N–H and O–H groups in total. The zero-order chi connectivity index (χ0) is 19.7. The van der Waals surface area contributed by atoms with Crippen molar-refractivity contribution in [3.8, 4) is 0 Å². The lowest BCUT2D eigenvalue weighted by Gasteiger charge is -2.08. The van der Waals surface area contributed by atoms with Crippen molar-refractivity contribution in [1.29, 1.82) is 0 Å². The lowest BCUT2D eigenvalue weighted by Crippen LogP contribution is -2.03. The maximum Gasteiger partial charge on any atom is 0.335 e. The van der Waals surface area contributed by atoms with Crippen LogP contribution in [0.3, 0.4) is 0 Å². The highest BCUT2D eigenvalue weighted by atomic mass is 16.4. The summed E-state index contributed by atoms with van der Waals surface area (Å²) in [6.45, 7) is 6.04. The fraction of sp³-hybridized carbons (Fsp3) is 0.640. The van der Waals surface area contributed by atoms with Gasteiger partial charge in [-0.1, -0.05) is 115 Å². The van der Waals surface area contributed by atoms with E-state index >= 15 is 0 Å². The van der Waals surface area contributed by atoms with Crippen LogP contribution in [0.2, 0.25) is 0 Å². The van der Waals surface area contributed by atoms with Crippen LogP contribution >= 0.6 is 0 Å². The number of carbonyl (C=O) groups is 1. The van der Waals surface area contributed by atoms with Crippen LogP contribution in [0.1, 0.15) is 118 Å². The monoisotopic (exact) mass is 372 g/mol. The fourth-order valence-corrected chi connectivity index (χ4v) is 3.67. The summed E-state index contributed by atoms with van der Waals surface area (Å²) in [5.41, 5.74) is 2.38. The number of carboxylic acid groups (broad SMARTS) is 1. The second kappa shape index (κ2) is 15.5. The van der Waals surface area contributed by atoms with E-state index in [9.17, 15) is 9.90 Å². The number of benzene rings is 1. The molecule has 1 aromatic rings. The highest BCUT2D eigenvalue weighted by Crippen LogP contribution is 2.18. The minimum Gasteiger partial charge on any atom is -0.478 e. The molecule has 0 saturated carbocycles. The third-order valence-corrected chi connectivity index (χ3v) is 5.40. The molecule has 0 radical (unpaired) electrons. The Bertz CT molecular complexity index is 533. The minimum atomic E-state index is -0.828. The third-order valence-electron chi connectivity index (χ3n) is 5.40. The SMILES string of the molecule is C=Cc1ccc(C(=O)O)c(CCCCCCCCCCCCCCCC)c1. The van der Waals surface area contributed by atoms with E-state index in [0.29, 0.717) is 5.56 Å². The van der Waals surface area contributed by atoms with E-state index in [4.69, 9.17) is 0 Å². The topological polar surface area (TPSA) is 37.3 Å². The Morgan fingerprint density at radius 2 is 1.33 bits per heavy atom. The minimum absolute atomic E-state index is 0.440. The predicted molar refractivity (Wildman–Crippen MR) is 118 cm³/mol. The third kappa shape index (κ3) is 11.0. The molecule has 152 valence electrons. The van der Waals surface area contributed by atoms with Gasteiger partial charge in [0.2, 0.25) is 0 Å². The van der Waals surface area contributed by atoms with Gasteiger partial charge in [0.25, 0.3) is 0 Å². The van der Waals surface area contributed by atoms with Crippen LogP contribution in [0, 0.1) is 0 Å². The summed E-state index contributed by atoms with van der Waals surface area (Å²) in [5.74, 6) is -0.828. The van der Waals surface area contributed by atoms with Gasteiger partial charge in [-0.25, -0.2) is 4.79 Å². The molecule has 1 aromatic carbocycles. The Morgan fingerprint density at radius 3 is 1.78 bits per heavy atom. The molecule has 0 aliphatic rings. The van der Waals surface area contributed by atoms with Gasteiger partial charge in [0, 0.05) is 0 Å². The number of aromatic carboxylic acids is 1. The lowest BCUT2D eigenvalue weighted by atomic mass is 9.98. The molecule has 2 heteroatoms. The van der Waals surface area contributed by atoms with Gasteiger partial charge in [-0.3, -0.25) is 0 Å². The lowest BCUT2D eigenvalue weighted by molar-refractivity contribution is 0.0695. The molecular weight excluding hydrogens is 332 g/mol. The van der Waals surface area contributed by atoms with Crippen molar-refractivity contribution in [2.24, 2.45) is 0 Å². The van der Waals surface area contributed by atoms with E-state index in [1.165, 1.54) is 83.5 Å². The van der Waals surface area contributed by atoms with Crippen molar-refractivity contribution in [1.82, 2.24) is 0 Å². The number of hydrogen-bond acceptors (Lipinski definition) is 1. The van der Waals surface area contributed by atoms with Crippen LogP contribution < -0.4 is 0 Å². The van der Waals surface area contributed by atoms with Crippen LogP contribution in [-0.2, 0) is 6.42 Å². The van der Waals surface area contributed by atoms with Crippen molar-refractivity contribution in [3.63, 3.8) is 0 Å². The molecule has 0 heterocycles. The fourth-order valence-electron chi connectivity index (χ4n) is 3.67. The summed E-state index contributed by atoms with van der Waals surface area (Å²) in [6.07, 6.45) is 21.4. The zero-order valence-corrected chi connectivity index (χ0v) is 17.5. The summed E-state index contributed by atoms with van der Waals surface area (Å²) in [6, 6.07) is 5.50. The van der Waals surface area contributed by atoms with Gasteiger partial charge in [0.05, 0.1) is 5.56 Å². The van der Waals surface area contributed by atoms with E-state index in [1.807, 2.05) is 12.1 Å². The summed E-state index contributed by atoms with van der Waals surface area (Å²) in [4.78, 5) is 11.3. The second-order valence-corrected chi connectivity index (χ2v) is 7.77. The van der Waals surface area contributed by atoms with E-state index in [1.54, 1.807) is 12.1 Å². The first-order valence-electron chi connectivity index (χ1n) is 11.2. The second-order valence-electron chi connectivity index (χ2n) is 7.77. The summed E-state index contributed by atoms with van der Waals surface area (Å²) in [7, 11) is 0. The first-order valence-corrected chi connectivity index (χ1v) is 11.2. The van der Waals surface area contributed by atoms with E-state index in [2.05, 4.69) is 13.5 Å². The molecule has 0 atom stereocenters. The largest absolute Gasteiger partial charge is 0.478 e. The van der Waals surface area contributed by atoms with Crippen molar-refractivity contribution >= 4 is 12.0 Å². The molecule has 0 amide bonds. The molecule has 27 heavy (non-hydrogen) atoms. The highest BCUT2D eigenvalue weighted by Gasteiger charge is 2.09. The number of aryl methyl sites for hydroxylation is 1. The van der Waals surface area contributed by atoms with Crippen molar-refractivity contribution in [3.05, 3.63) is 41.5 Å². The molecule has 0 saturated heterocycles. The molecule has 2 nitrogen and oxygen atoms in total. The number of unbranched alkanes of at least 4 members (excludes halogenated alkanes) is 13. The van der Waals surface area contributed by atoms with Gasteiger partial charge < -0.3 is 5.11 Å². The molecule has 0 bridgehead atoms. The Hall–Kier alpha value is -1.57. The zero-order valence-electron chi connectivity index (χ0n) is 17.5. The molecule has 0 spiro atoms. The first kappa shape index (κ1) is 23.5. The average Bonchev–Trinajstić information content (AvgIpc) is 2.67. The molecular formula is C25H40O2. The predicted octanol–water partition coefficient (Wildman–Crippen LogP) is 8.05. The molecule has 0 fully saturated rings. The van der Waals surface area contributed by atoms with Crippen molar-refractivity contribution in [2.45, 2.75) is 103 Å². The summed E-state index contributed by atoms with van der Waals surface area (Å²) < 4.78 is 0. The Morgan fingerprint density at radius 1 is 0.852 bits per heavy atom. The number of hydrogen-bond donors (Lipinski definition) is 1. The maximum atomic E-state index is 11.3. The maximum absolute atomic E-state index is 11.3. The molecule has 0 unspecified atom stereocenters. The van der Waals surface area contributed by atoms with Crippen LogP contribution in [0.4, 0.5) is 0 Å². The van der Waals surface area contributed by atoms with Crippen molar-refractivity contribution < 1.29 is 9.90 Å². The Kier molecular flexibility index (Phi) is 13.5. The summed E-state index contributed by atoms with van der Waals surface area (Å²) >= 11 is 0. The summed E-state index contributed by atoms with van der Waals surface area (Å²) in [5, 5.41) is 9.32. The van der Waals surface area contributed by atoms with Crippen molar-refractivity contribution in [2.75, 3.05) is 0 Å². The van der Waals surface area contributed by atoms with Gasteiger partial charge in [-0.15, -0.1) is 0 Å². The van der Waals surface area contributed by atoms with Gasteiger partial charge >= 0.3 is 5.97 Å². The molecule has 0 aliphatic carbocycles. The van der Waals surface area contributed by atoms with Gasteiger partial charge in [0.1, 0.15) is 0 Å². The smallest absolute Gasteiger partial charge is 0.335 e. The Balaban J connectivity index is 2.03. The molecule has 1 rings (SSSR count). The van der Waals surface area contributed by atoms with Gasteiger partial charge in [-0.05, 0) is 30.0 Å². The normalized spacial score (nSPS) is 10.9. The van der Waals surface area contributed by atoms with Crippen LogP contribution in [0.5, 0.6) is 0 Å². The molecule has 0 aliphatic heterocycles. The highest BCUT2D eigenvalue weighted by molar-refractivity contribution is 5.89. The van der Waals surface area contributed by atoms with E-state index in [-0.39, 0.29) is 0 Å². The average molecular weight is 373 g/mol.